The highest BCUT2D eigenvalue weighted by atomic mass is 16.5. The van der Waals surface area contributed by atoms with Crippen molar-refractivity contribution >= 4 is 23.5 Å². The lowest BCUT2D eigenvalue weighted by atomic mass is 10.1. The summed E-state index contributed by atoms with van der Waals surface area (Å²) in [6, 6.07) is 21.0. The quantitative estimate of drug-likeness (QED) is 0.254. The fourth-order valence-corrected chi connectivity index (χ4v) is 3.89. The van der Waals surface area contributed by atoms with Crippen molar-refractivity contribution in [2.45, 2.75) is 20.8 Å². The minimum absolute atomic E-state index is 0.157. The number of methoxy groups -OCH3 is 1. The fourth-order valence-electron chi connectivity index (χ4n) is 3.89. The number of nitrogens with one attached hydrogen (secondary N) is 1. The van der Waals surface area contributed by atoms with Gasteiger partial charge in [0.25, 0.3) is 5.91 Å². The van der Waals surface area contributed by atoms with E-state index in [0.717, 1.165) is 0 Å². The molecule has 0 unspecified atom stereocenters. The van der Waals surface area contributed by atoms with Gasteiger partial charge in [0, 0.05) is 29.3 Å². The lowest BCUT2D eigenvalue weighted by molar-refractivity contribution is -0.131. The second-order valence-electron chi connectivity index (χ2n) is 8.30. The van der Waals surface area contributed by atoms with Crippen molar-refractivity contribution in [3.05, 3.63) is 89.6 Å². The maximum Gasteiger partial charge on any atom is 0.358 e. The zero-order valence-corrected chi connectivity index (χ0v) is 21.5. The molecule has 1 amide bonds. The third-order valence-corrected chi connectivity index (χ3v) is 5.71. The van der Waals surface area contributed by atoms with Gasteiger partial charge in [0.2, 0.25) is 0 Å². The van der Waals surface area contributed by atoms with E-state index >= 15 is 0 Å². The summed E-state index contributed by atoms with van der Waals surface area (Å²) in [4.78, 5) is 36.9. The van der Waals surface area contributed by atoms with Crippen LogP contribution in [0.2, 0.25) is 0 Å². The monoisotopic (exact) mass is 513 g/mol. The molecule has 0 aliphatic heterocycles. The molecule has 0 bridgehead atoms. The van der Waals surface area contributed by atoms with Gasteiger partial charge in [0.15, 0.2) is 5.69 Å². The molecular formula is C29H27N3O6. The summed E-state index contributed by atoms with van der Waals surface area (Å²) in [7, 11) is 1.58. The summed E-state index contributed by atoms with van der Waals surface area (Å²) < 4.78 is 17.2. The van der Waals surface area contributed by atoms with Gasteiger partial charge in [-0.25, -0.2) is 9.48 Å². The maximum atomic E-state index is 13.1. The van der Waals surface area contributed by atoms with Gasteiger partial charge >= 0.3 is 11.9 Å². The fraction of sp³-hybridized carbons (Fsp3) is 0.172. The van der Waals surface area contributed by atoms with Gasteiger partial charge in [-0.15, -0.1) is 0 Å². The van der Waals surface area contributed by atoms with Crippen molar-refractivity contribution in [1.82, 2.24) is 9.78 Å². The van der Waals surface area contributed by atoms with E-state index in [0.29, 0.717) is 45.3 Å². The Morgan fingerprint density at radius 2 is 1.71 bits per heavy atom. The van der Waals surface area contributed by atoms with Crippen LogP contribution in [-0.2, 0) is 9.53 Å². The van der Waals surface area contributed by atoms with E-state index < -0.39 is 11.9 Å². The summed E-state index contributed by atoms with van der Waals surface area (Å²) in [6.07, 6.45) is 0. The first-order valence-corrected chi connectivity index (χ1v) is 11.9. The Hall–Kier alpha value is -4.92. The van der Waals surface area contributed by atoms with Gasteiger partial charge in [0.05, 0.1) is 25.1 Å². The molecule has 1 heterocycles. The number of hydrogen-bond acceptors (Lipinski definition) is 7. The van der Waals surface area contributed by atoms with E-state index in [-0.39, 0.29) is 18.2 Å². The highest BCUT2D eigenvalue weighted by Gasteiger charge is 2.19. The van der Waals surface area contributed by atoms with Crippen molar-refractivity contribution in [3.8, 4) is 28.4 Å². The Bertz CT molecular complexity index is 1490. The Morgan fingerprint density at radius 1 is 0.974 bits per heavy atom. The number of nitrogens with zero attached hydrogens (tertiary/aromatic N) is 2. The van der Waals surface area contributed by atoms with Crippen LogP contribution in [0.3, 0.4) is 0 Å². The Morgan fingerprint density at radius 3 is 2.39 bits per heavy atom. The Labute approximate surface area is 220 Å². The van der Waals surface area contributed by atoms with Crippen molar-refractivity contribution in [1.29, 1.82) is 0 Å². The molecule has 38 heavy (non-hydrogen) atoms. The van der Waals surface area contributed by atoms with Gasteiger partial charge in [-0.2, -0.15) is 5.10 Å². The molecule has 0 saturated heterocycles. The summed E-state index contributed by atoms with van der Waals surface area (Å²) in [5.41, 5.74) is 3.67. The largest absolute Gasteiger partial charge is 0.497 e. The Kier molecular flexibility index (Phi) is 7.86. The van der Waals surface area contributed by atoms with E-state index in [1.54, 1.807) is 80.2 Å². The maximum absolute atomic E-state index is 13.1. The average molecular weight is 514 g/mol. The number of ether oxygens (including phenoxy) is 3. The van der Waals surface area contributed by atoms with E-state index in [9.17, 15) is 14.4 Å². The number of esters is 2. The van der Waals surface area contributed by atoms with Crippen LogP contribution in [0.15, 0.2) is 72.8 Å². The van der Waals surface area contributed by atoms with Crippen molar-refractivity contribution in [3.63, 3.8) is 0 Å². The molecule has 1 aromatic heterocycles. The molecule has 194 valence electrons. The number of benzene rings is 3. The number of rotatable bonds is 8. The van der Waals surface area contributed by atoms with Crippen molar-refractivity contribution < 1.29 is 28.6 Å². The van der Waals surface area contributed by atoms with Crippen LogP contribution in [0.25, 0.3) is 16.9 Å². The molecule has 0 radical (unpaired) electrons. The highest BCUT2D eigenvalue weighted by Crippen LogP contribution is 2.28. The SMILES string of the molecule is CCOC(=O)c1cc(-c2cccc(NC(=O)c3cccc(OC(C)=O)c3C)c2)n(-c2ccc(OC)cc2)n1. The lowest BCUT2D eigenvalue weighted by Gasteiger charge is -2.12. The van der Waals surface area contributed by atoms with Crippen LogP contribution in [0.4, 0.5) is 5.69 Å². The first-order chi connectivity index (χ1) is 18.3. The van der Waals surface area contributed by atoms with Gasteiger partial charge < -0.3 is 19.5 Å². The average Bonchev–Trinajstić information content (AvgIpc) is 3.36. The van der Waals surface area contributed by atoms with E-state index in [4.69, 9.17) is 14.2 Å². The second-order valence-corrected chi connectivity index (χ2v) is 8.30. The molecule has 4 rings (SSSR count). The van der Waals surface area contributed by atoms with Gasteiger partial charge in [-0.05, 0) is 68.4 Å². The topological polar surface area (TPSA) is 109 Å². The van der Waals surface area contributed by atoms with Gasteiger partial charge in [0.1, 0.15) is 11.5 Å². The van der Waals surface area contributed by atoms with E-state index in [2.05, 4.69) is 10.4 Å². The molecule has 0 saturated carbocycles. The second kappa shape index (κ2) is 11.4. The van der Waals surface area contributed by atoms with Crippen molar-refractivity contribution in [2.24, 2.45) is 0 Å². The van der Waals surface area contributed by atoms with E-state index in [1.165, 1.54) is 6.92 Å². The number of amides is 1. The standard InChI is InChI=1S/C29H27N3O6/c1-5-37-29(35)25-17-26(32(31-25)22-12-14-23(36-4)15-13-22)20-8-6-9-21(16-20)30-28(34)24-10-7-11-27(18(24)2)38-19(3)33/h6-17H,5H2,1-4H3,(H,30,34). The summed E-state index contributed by atoms with van der Waals surface area (Å²) in [5, 5.41) is 7.38. The molecule has 0 atom stereocenters. The predicted octanol–water partition coefficient (Wildman–Crippen LogP) is 5.21. The minimum Gasteiger partial charge on any atom is -0.497 e. The first-order valence-electron chi connectivity index (χ1n) is 11.9. The molecule has 9 nitrogen and oxygen atoms in total. The van der Waals surface area contributed by atoms with Crippen LogP contribution in [0.5, 0.6) is 11.5 Å². The number of carbonyl (C=O) groups excluding carboxylic acids is 3. The zero-order valence-electron chi connectivity index (χ0n) is 21.5. The minimum atomic E-state index is -0.534. The van der Waals surface area contributed by atoms with Gasteiger partial charge in [-0.3, -0.25) is 9.59 Å². The molecule has 0 fully saturated rings. The smallest absolute Gasteiger partial charge is 0.358 e. The van der Waals surface area contributed by atoms with Gasteiger partial charge in [-0.1, -0.05) is 18.2 Å². The van der Waals surface area contributed by atoms with Crippen molar-refractivity contribution in [2.75, 3.05) is 19.0 Å². The number of carbonyl (C=O) groups is 3. The van der Waals surface area contributed by atoms with Crippen LogP contribution >= 0.6 is 0 Å². The predicted molar refractivity (Wildman–Crippen MR) is 142 cm³/mol. The molecule has 0 spiro atoms. The van der Waals surface area contributed by atoms with Crippen LogP contribution in [0, 0.1) is 6.92 Å². The third kappa shape index (κ3) is 5.73. The third-order valence-electron chi connectivity index (χ3n) is 5.71. The summed E-state index contributed by atoms with van der Waals surface area (Å²) in [5.74, 6) is -0.341. The molecule has 0 aliphatic rings. The van der Waals surface area contributed by atoms with Crippen LogP contribution in [0.1, 0.15) is 40.3 Å². The highest BCUT2D eigenvalue weighted by molar-refractivity contribution is 6.06. The molecular weight excluding hydrogens is 486 g/mol. The molecule has 3 aromatic carbocycles. The molecule has 0 aliphatic carbocycles. The lowest BCUT2D eigenvalue weighted by Crippen LogP contribution is -2.14. The number of hydrogen-bond donors (Lipinski definition) is 1. The number of anilines is 1. The zero-order chi connectivity index (χ0) is 27.2. The molecule has 4 aromatic rings. The van der Waals surface area contributed by atoms with Crippen LogP contribution in [-0.4, -0.2) is 41.3 Å². The normalized spacial score (nSPS) is 10.5. The van der Waals surface area contributed by atoms with Crippen LogP contribution < -0.4 is 14.8 Å². The molecule has 9 heteroatoms. The summed E-state index contributed by atoms with van der Waals surface area (Å²) >= 11 is 0. The first kappa shape index (κ1) is 26.2. The Balaban J connectivity index is 1.69. The number of aromatic nitrogens is 2. The summed E-state index contributed by atoms with van der Waals surface area (Å²) in [6.45, 7) is 4.98. The molecule has 1 N–H and O–H groups in total. The van der Waals surface area contributed by atoms with E-state index in [1.807, 2.05) is 18.2 Å².